The maximum atomic E-state index is 9.22. The van der Waals surface area contributed by atoms with Crippen molar-refractivity contribution in [3.63, 3.8) is 0 Å². The van der Waals surface area contributed by atoms with Crippen molar-refractivity contribution >= 4 is 38.9 Å². The number of rotatable bonds is 6. The lowest BCUT2D eigenvalue weighted by Gasteiger charge is -2.17. The summed E-state index contributed by atoms with van der Waals surface area (Å²) in [4.78, 5) is 1.18. The van der Waals surface area contributed by atoms with Gasteiger partial charge in [0.05, 0.1) is 6.61 Å². The van der Waals surface area contributed by atoms with Gasteiger partial charge in [-0.25, -0.2) is 0 Å². The standard InChI is InChI=1S/C11H17BrClNOS/c1-7(2)3-8(6-15)14-5-9-4-10(12)11(13)16-9/h4,7-8,14-15H,3,5-6H2,1-2H3. The smallest absolute Gasteiger partial charge is 0.107 e. The number of halogens is 2. The molecule has 0 fully saturated rings. The molecule has 5 heteroatoms. The fourth-order valence-corrected chi connectivity index (χ4v) is 3.26. The second kappa shape index (κ2) is 6.97. The van der Waals surface area contributed by atoms with Gasteiger partial charge in [-0.2, -0.15) is 0 Å². The highest BCUT2D eigenvalue weighted by Crippen LogP contribution is 2.31. The van der Waals surface area contributed by atoms with Gasteiger partial charge in [-0.3, -0.25) is 0 Å². The lowest BCUT2D eigenvalue weighted by molar-refractivity contribution is 0.224. The van der Waals surface area contributed by atoms with Gasteiger partial charge in [0.25, 0.3) is 0 Å². The Morgan fingerprint density at radius 3 is 2.69 bits per heavy atom. The van der Waals surface area contributed by atoms with Crippen LogP contribution in [0.15, 0.2) is 10.5 Å². The summed E-state index contributed by atoms with van der Waals surface area (Å²) in [6.45, 7) is 5.25. The van der Waals surface area contributed by atoms with Crippen LogP contribution in [0.5, 0.6) is 0 Å². The van der Waals surface area contributed by atoms with E-state index in [1.54, 1.807) is 11.3 Å². The Labute approximate surface area is 114 Å². The molecule has 1 aromatic rings. The van der Waals surface area contributed by atoms with Crippen molar-refractivity contribution < 1.29 is 5.11 Å². The molecule has 0 spiro atoms. The Hall–Kier alpha value is 0.390. The second-order valence-corrected chi connectivity index (χ2v) is 6.82. The van der Waals surface area contributed by atoms with E-state index in [0.29, 0.717) is 5.92 Å². The maximum Gasteiger partial charge on any atom is 0.107 e. The van der Waals surface area contributed by atoms with Crippen LogP contribution in [0.4, 0.5) is 0 Å². The molecular formula is C11H17BrClNOS. The third-order valence-electron chi connectivity index (χ3n) is 2.24. The van der Waals surface area contributed by atoms with Crippen LogP contribution in [0, 0.1) is 5.92 Å². The normalized spacial score (nSPS) is 13.4. The summed E-state index contributed by atoms with van der Waals surface area (Å²) in [5.41, 5.74) is 0. The number of aliphatic hydroxyl groups is 1. The van der Waals surface area contributed by atoms with E-state index < -0.39 is 0 Å². The number of hydrogen-bond donors (Lipinski definition) is 2. The van der Waals surface area contributed by atoms with Crippen LogP contribution >= 0.6 is 38.9 Å². The van der Waals surface area contributed by atoms with Crippen LogP contribution in [-0.4, -0.2) is 17.8 Å². The molecule has 1 atom stereocenters. The molecule has 0 aliphatic heterocycles. The van der Waals surface area contributed by atoms with Gasteiger partial charge in [-0.05, 0) is 34.3 Å². The largest absolute Gasteiger partial charge is 0.395 e. The van der Waals surface area contributed by atoms with E-state index in [1.165, 1.54) is 4.88 Å². The third-order valence-corrected chi connectivity index (χ3v) is 4.71. The summed E-state index contributed by atoms with van der Waals surface area (Å²) < 4.78 is 1.72. The van der Waals surface area contributed by atoms with Crippen molar-refractivity contribution in [2.24, 2.45) is 5.92 Å². The first-order chi connectivity index (χ1) is 7.52. The Morgan fingerprint density at radius 2 is 2.25 bits per heavy atom. The van der Waals surface area contributed by atoms with Gasteiger partial charge < -0.3 is 10.4 Å². The molecule has 92 valence electrons. The minimum Gasteiger partial charge on any atom is -0.395 e. The highest BCUT2D eigenvalue weighted by molar-refractivity contribution is 9.10. The molecule has 0 saturated carbocycles. The molecule has 0 bridgehead atoms. The van der Waals surface area contributed by atoms with Crippen molar-refractivity contribution in [1.82, 2.24) is 5.32 Å². The highest BCUT2D eigenvalue weighted by Gasteiger charge is 2.10. The van der Waals surface area contributed by atoms with Gasteiger partial charge in [0, 0.05) is 21.9 Å². The van der Waals surface area contributed by atoms with Crippen molar-refractivity contribution in [2.45, 2.75) is 32.9 Å². The molecule has 0 aromatic carbocycles. The Kier molecular flexibility index (Phi) is 6.29. The van der Waals surface area contributed by atoms with Gasteiger partial charge in [0.1, 0.15) is 4.34 Å². The fraction of sp³-hybridized carbons (Fsp3) is 0.636. The van der Waals surface area contributed by atoms with Crippen LogP contribution in [0.3, 0.4) is 0 Å². The minimum atomic E-state index is 0.166. The van der Waals surface area contributed by atoms with E-state index in [4.69, 9.17) is 11.6 Å². The first kappa shape index (κ1) is 14.5. The van der Waals surface area contributed by atoms with Crippen molar-refractivity contribution in [1.29, 1.82) is 0 Å². The van der Waals surface area contributed by atoms with Gasteiger partial charge in [-0.15, -0.1) is 11.3 Å². The van der Waals surface area contributed by atoms with E-state index in [2.05, 4.69) is 35.1 Å². The third kappa shape index (κ3) is 4.72. The van der Waals surface area contributed by atoms with Crippen LogP contribution in [0.1, 0.15) is 25.1 Å². The number of nitrogens with one attached hydrogen (secondary N) is 1. The van der Waals surface area contributed by atoms with Crippen LogP contribution < -0.4 is 5.32 Å². The quantitative estimate of drug-likeness (QED) is 0.836. The van der Waals surface area contributed by atoms with E-state index >= 15 is 0 Å². The zero-order chi connectivity index (χ0) is 12.1. The zero-order valence-corrected chi connectivity index (χ0v) is 12.6. The summed E-state index contributed by atoms with van der Waals surface area (Å²) in [5, 5.41) is 12.6. The minimum absolute atomic E-state index is 0.166. The maximum absolute atomic E-state index is 9.22. The summed E-state index contributed by atoms with van der Waals surface area (Å²) in [6, 6.07) is 2.18. The van der Waals surface area contributed by atoms with Crippen LogP contribution in [0.25, 0.3) is 0 Å². The topological polar surface area (TPSA) is 32.3 Å². The van der Waals surface area contributed by atoms with Crippen molar-refractivity contribution in [2.75, 3.05) is 6.61 Å². The fourth-order valence-electron chi connectivity index (χ4n) is 1.51. The molecule has 16 heavy (non-hydrogen) atoms. The molecule has 0 saturated heterocycles. The molecule has 1 heterocycles. The molecule has 0 aliphatic carbocycles. The lowest BCUT2D eigenvalue weighted by atomic mass is 10.0. The van der Waals surface area contributed by atoms with E-state index in [1.807, 2.05) is 6.07 Å². The first-order valence-electron chi connectivity index (χ1n) is 5.31. The van der Waals surface area contributed by atoms with E-state index in [0.717, 1.165) is 21.8 Å². The highest BCUT2D eigenvalue weighted by atomic mass is 79.9. The van der Waals surface area contributed by atoms with E-state index in [-0.39, 0.29) is 12.6 Å². The molecule has 2 nitrogen and oxygen atoms in total. The Morgan fingerprint density at radius 1 is 1.56 bits per heavy atom. The number of thiophene rings is 1. The molecule has 2 N–H and O–H groups in total. The van der Waals surface area contributed by atoms with Gasteiger partial charge >= 0.3 is 0 Å². The van der Waals surface area contributed by atoms with Gasteiger partial charge in [0.15, 0.2) is 0 Å². The summed E-state index contributed by atoms with van der Waals surface area (Å²) >= 11 is 10.9. The van der Waals surface area contributed by atoms with Crippen molar-refractivity contribution in [3.05, 3.63) is 19.8 Å². The van der Waals surface area contributed by atoms with Crippen molar-refractivity contribution in [3.8, 4) is 0 Å². The van der Waals surface area contributed by atoms with Crippen LogP contribution in [-0.2, 0) is 6.54 Å². The summed E-state index contributed by atoms with van der Waals surface area (Å²) in [5.74, 6) is 0.586. The average Bonchev–Trinajstić information content (AvgIpc) is 2.53. The molecule has 1 aromatic heterocycles. The Balaban J connectivity index is 2.43. The van der Waals surface area contributed by atoms with Gasteiger partial charge in [-0.1, -0.05) is 25.4 Å². The molecule has 1 unspecified atom stereocenters. The Bertz CT molecular complexity index is 310. The first-order valence-corrected chi connectivity index (χ1v) is 7.29. The molecule has 0 amide bonds. The molecular weight excluding hydrogens is 310 g/mol. The monoisotopic (exact) mass is 325 g/mol. The predicted molar refractivity (Wildman–Crippen MR) is 74.2 cm³/mol. The predicted octanol–water partition coefficient (Wildman–Crippen LogP) is 3.66. The number of aliphatic hydroxyl groups excluding tert-OH is 1. The lowest BCUT2D eigenvalue weighted by Crippen LogP contribution is -2.32. The zero-order valence-electron chi connectivity index (χ0n) is 9.46. The number of hydrogen-bond acceptors (Lipinski definition) is 3. The van der Waals surface area contributed by atoms with Crippen LogP contribution in [0.2, 0.25) is 4.34 Å². The molecule has 0 aliphatic rings. The average molecular weight is 327 g/mol. The molecule has 0 radical (unpaired) electrons. The van der Waals surface area contributed by atoms with Gasteiger partial charge in [0.2, 0.25) is 0 Å². The van der Waals surface area contributed by atoms with E-state index in [9.17, 15) is 5.11 Å². The molecule has 1 rings (SSSR count). The SMILES string of the molecule is CC(C)CC(CO)NCc1cc(Br)c(Cl)s1. The summed E-state index contributed by atoms with van der Waals surface area (Å²) in [7, 11) is 0. The summed E-state index contributed by atoms with van der Waals surface area (Å²) in [6.07, 6.45) is 0.983. The second-order valence-electron chi connectivity index (χ2n) is 4.22.